The van der Waals surface area contributed by atoms with Gasteiger partial charge in [0.15, 0.2) is 5.78 Å². The highest BCUT2D eigenvalue weighted by atomic mass is 32.1. The molecule has 1 amide bonds. The summed E-state index contributed by atoms with van der Waals surface area (Å²) in [5.74, 6) is -0.0545. The molecule has 1 unspecified atom stereocenters. The van der Waals surface area contributed by atoms with Crippen LogP contribution in [0.15, 0.2) is 41.8 Å². The summed E-state index contributed by atoms with van der Waals surface area (Å²) in [6, 6.07) is 12.5. The van der Waals surface area contributed by atoms with Crippen molar-refractivity contribution in [2.45, 2.75) is 38.6 Å². The molecule has 1 aromatic heterocycles. The van der Waals surface area contributed by atoms with Crippen molar-refractivity contribution in [2.24, 2.45) is 0 Å². The minimum atomic E-state index is -0.0649. The number of aryl methyl sites for hydroxylation is 1. The van der Waals surface area contributed by atoms with Gasteiger partial charge in [0.25, 0.3) is 5.91 Å². The quantitative estimate of drug-likeness (QED) is 0.755. The molecule has 0 radical (unpaired) electrons. The van der Waals surface area contributed by atoms with E-state index in [9.17, 15) is 9.59 Å². The van der Waals surface area contributed by atoms with Gasteiger partial charge in [0.1, 0.15) is 0 Å². The van der Waals surface area contributed by atoms with E-state index in [1.807, 2.05) is 6.07 Å². The summed E-state index contributed by atoms with van der Waals surface area (Å²) in [5, 5.41) is 4.91. The molecule has 0 bridgehead atoms. The van der Waals surface area contributed by atoms with Crippen LogP contribution in [0.4, 0.5) is 0 Å². The lowest BCUT2D eigenvalue weighted by Crippen LogP contribution is -2.47. The Morgan fingerprint density at radius 2 is 2.08 bits per heavy atom. The third-order valence-corrected chi connectivity index (χ3v) is 5.86. The van der Waals surface area contributed by atoms with Crippen LogP contribution in [-0.4, -0.2) is 42.3 Å². The maximum Gasteiger partial charge on any atom is 0.252 e. The lowest BCUT2D eigenvalue weighted by Gasteiger charge is -2.33. The molecule has 5 heteroatoms. The Bertz CT molecular complexity index is 741. The van der Waals surface area contributed by atoms with Crippen LogP contribution in [0.3, 0.4) is 0 Å². The van der Waals surface area contributed by atoms with Gasteiger partial charge in [-0.3, -0.25) is 9.59 Å². The van der Waals surface area contributed by atoms with Crippen LogP contribution in [0.5, 0.6) is 0 Å². The zero-order chi connectivity index (χ0) is 18.4. The van der Waals surface area contributed by atoms with Crippen LogP contribution in [0.1, 0.15) is 51.8 Å². The number of nitrogens with zero attached hydrogens (tertiary/aromatic N) is 1. The van der Waals surface area contributed by atoms with Crippen molar-refractivity contribution in [3.63, 3.8) is 0 Å². The Kier molecular flexibility index (Phi) is 6.58. The van der Waals surface area contributed by atoms with E-state index in [1.165, 1.54) is 23.8 Å². The second-order valence-electron chi connectivity index (χ2n) is 6.96. The standard InChI is InChI=1S/C21H26N2O2S/c1-16(24)20-13-18(15-26-20)21(25)22-19-10-6-12-23(14-19)11-5-9-17-7-3-2-4-8-17/h2-4,7-8,13,15,19H,5-6,9-12,14H2,1H3,(H,22,25). The maximum absolute atomic E-state index is 12.4. The Morgan fingerprint density at radius 1 is 1.27 bits per heavy atom. The minimum absolute atomic E-state index is 0.0105. The van der Waals surface area contributed by atoms with Gasteiger partial charge >= 0.3 is 0 Å². The predicted octanol–water partition coefficient (Wildman–Crippen LogP) is 3.78. The summed E-state index contributed by atoms with van der Waals surface area (Å²) in [6.45, 7) is 4.61. The largest absolute Gasteiger partial charge is 0.348 e. The predicted molar refractivity (Wildman–Crippen MR) is 106 cm³/mol. The zero-order valence-corrected chi connectivity index (χ0v) is 16.1. The van der Waals surface area contributed by atoms with Gasteiger partial charge in [-0.2, -0.15) is 0 Å². The second-order valence-corrected chi connectivity index (χ2v) is 7.87. The number of amides is 1. The molecule has 1 fully saturated rings. The number of carbonyl (C=O) groups is 2. The Morgan fingerprint density at radius 3 is 2.81 bits per heavy atom. The molecule has 1 saturated heterocycles. The topological polar surface area (TPSA) is 49.4 Å². The first-order valence-electron chi connectivity index (χ1n) is 9.28. The minimum Gasteiger partial charge on any atom is -0.348 e. The smallest absolute Gasteiger partial charge is 0.252 e. The van der Waals surface area contributed by atoms with E-state index in [-0.39, 0.29) is 17.7 Å². The van der Waals surface area contributed by atoms with Crippen molar-refractivity contribution >= 4 is 23.0 Å². The Balaban J connectivity index is 1.45. The number of Topliss-reactive ketones (excluding diaryl/α,β-unsaturated/α-hetero) is 1. The highest BCUT2D eigenvalue weighted by Crippen LogP contribution is 2.17. The number of benzene rings is 1. The summed E-state index contributed by atoms with van der Waals surface area (Å²) in [4.78, 5) is 26.9. The molecule has 1 atom stereocenters. The molecule has 2 heterocycles. The number of rotatable bonds is 7. The van der Waals surface area contributed by atoms with Crippen molar-refractivity contribution in [1.82, 2.24) is 10.2 Å². The van der Waals surface area contributed by atoms with E-state index in [0.29, 0.717) is 10.4 Å². The van der Waals surface area contributed by atoms with E-state index in [1.54, 1.807) is 11.4 Å². The SMILES string of the molecule is CC(=O)c1cc(C(=O)NC2CCCN(CCCc3ccccc3)C2)cs1. The highest BCUT2D eigenvalue weighted by molar-refractivity contribution is 7.12. The lowest BCUT2D eigenvalue weighted by molar-refractivity contribution is 0.0903. The Labute approximate surface area is 159 Å². The molecule has 1 aromatic carbocycles. The van der Waals surface area contributed by atoms with E-state index in [4.69, 9.17) is 0 Å². The average Bonchev–Trinajstić information content (AvgIpc) is 3.14. The van der Waals surface area contributed by atoms with Crippen LogP contribution in [0, 0.1) is 0 Å². The molecule has 0 spiro atoms. The summed E-state index contributed by atoms with van der Waals surface area (Å²) in [6.07, 6.45) is 4.36. The van der Waals surface area contributed by atoms with Crippen LogP contribution >= 0.6 is 11.3 Å². The molecule has 1 aliphatic rings. The number of hydrogen-bond acceptors (Lipinski definition) is 4. The molecular formula is C21H26N2O2S. The molecule has 26 heavy (non-hydrogen) atoms. The van der Waals surface area contributed by atoms with Crippen molar-refractivity contribution in [3.8, 4) is 0 Å². The van der Waals surface area contributed by atoms with Crippen molar-refractivity contribution in [1.29, 1.82) is 0 Å². The van der Waals surface area contributed by atoms with Gasteiger partial charge < -0.3 is 10.2 Å². The molecular weight excluding hydrogens is 344 g/mol. The van der Waals surface area contributed by atoms with Gasteiger partial charge in [-0.25, -0.2) is 0 Å². The summed E-state index contributed by atoms with van der Waals surface area (Å²) >= 11 is 1.34. The third kappa shape index (κ3) is 5.26. The van der Waals surface area contributed by atoms with E-state index in [0.717, 1.165) is 45.3 Å². The molecule has 138 valence electrons. The molecule has 1 aliphatic heterocycles. The van der Waals surface area contributed by atoms with Gasteiger partial charge in [-0.05, 0) is 57.3 Å². The second kappa shape index (κ2) is 9.10. The molecule has 3 rings (SSSR count). The molecule has 4 nitrogen and oxygen atoms in total. The van der Waals surface area contributed by atoms with Crippen molar-refractivity contribution in [3.05, 3.63) is 57.8 Å². The van der Waals surface area contributed by atoms with Gasteiger partial charge in [-0.15, -0.1) is 11.3 Å². The fourth-order valence-electron chi connectivity index (χ4n) is 3.44. The normalized spacial score (nSPS) is 17.8. The fourth-order valence-corrected chi connectivity index (χ4v) is 4.23. The molecule has 2 aromatic rings. The molecule has 1 N–H and O–H groups in total. The van der Waals surface area contributed by atoms with Crippen LogP contribution < -0.4 is 5.32 Å². The maximum atomic E-state index is 12.4. The van der Waals surface area contributed by atoms with Crippen LogP contribution in [-0.2, 0) is 6.42 Å². The zero-order valence-electron chi connectivity index (χ0n) is 15.2. The number of hydrogen-bond donors (Lipinski definition) is 1. The van der Waals surface area contributed by atoms with Gasteiger partial charge in [0.2, 0.25) is 0 Å². The number of nitrogens with one attached hydrogen (secondary N) is 1. The summed E-state index contributed by atoms with van der Waals surface area (Å²) in [5.41, 5.74) is 1.98. The number of carbonyl (C=O) groups excluding carboxylic acids is 2. The number of ketones is 1. The fraction of sp³-hybridized carbons (Fsp3) is 0.429. The average molecular weight is 371 g/mol. The number of piperidine rings is 1. The number of likely N-dealkylation sites (tertiary alicyclic amines) is 1. The first kappa shape index (κ1) is 18.8. The number of thiophene rings is 1. The van der Waals surface area contributed by atoms with E-state index < -0.39 is 0 Å². The highest BCUT2D eigenvalue weighted by Gasteiger charge is 2.22. The first-order chi connectivity index (χ1) is 12.6. The Hall–Kier alpha value is -1.98. The van der Waals surface area contributed by atoms with Gasteiger partial charge in [0.05, 0.1) is 10.4 Å². The van der Waals surface area contributed by atoms with Gasteiger partial charge in [-0.1, -0.05) is 30.3 Å². The van der Waals surface area contributed by atoms with Crippen molar-refractivity contribution < 1.29 is 9.59 Å². The molecule has 0 aliphatic carbocycles. The first-order valence-corrected chi connectivity index (χ1v) is 10.2. The summed E-state index contributed by atoms with van der Waals surface area (Å²) < 4.78 is 0. The van der Waals surface area contributed by atoms with E-state index >= 15 is 0 Å². The lowest BCUT2D eigenvalue weighted by atomic mass is 10.0. The van der Waals surface area contributed by atoms with Crippen LogP contribution in [0.2, 0.25) is 0 Å². The summed E-state index contributed by atoms with van der Waals surface area (Å²) in [7, 11) is 0. The van der Waals surface area contributed by atoms with Crippen LogP contribution in [0.25, 0.3) is 0 Å². The third-order valence-electron chi connectivity index (χ3n) is 4.83. The molecule has 0 saturated carbocycles. The van der Waals surface area contributed by atoms with Gasteiger partial charge in [0, 0.05) is 18.0 Å². The monoisotopic (exact) mass is 370 g/mol. The van der Waals surface area contributed by atoms with E-state index in [2.05, 4.69) is 34.5 Å². The van der Waals surface area contributed by atoms with Crippen molar-refractivity contribution in [2.75, 3.05) is 19.6 Å².